The van der Waals surface area contributed by atoms with Gasteiger partial charge in [0.1, 0.15) is 12.2 Å². The summed E-state index contributed by atoms with van der Waals surface area (Å²) in [5, 5.41) is 3.26. The summed E-state index contributed by atoms with van der Waals surface area (Å²) < 4.78 is 0.997. The van der Waals surface area contributed by atoms with Crippen molar-refractivity contribution in [3.05, 3.63) is 50.4 Å². The Morgan fingerprint density at radius 3 is 2.59 bits per heavy atom. The fraction of sp³-hybridized carbons (Fsp3) is 0.375. The third kappa shape index (κ3) is 3.74. The Morgan fingerprint density at radius 1 is 1.32 bits per heavy atom. The zero-order valence-corrected chi connectivity index (χ0v) is 14.9. The molecule has 1 aliphatic heterocycles. The fourth-order valence-corrected chi connectivity index (χ4v) is 3.60. The van der Waals surface area contributed by atoms with Crippen LogP contribution in [0.15, 0.2) is 34.1 Å². The monoisotopic (exact) mass is 380 g/mol. The van der Waals surface area contributed by atoms with Crippen molar-refractivity contribution < 1.29 is 9.69 Å². The smallest absolute Gasteiger partial charge is 0.254 e. The van der Waals surface area contributed by atoms with Gasteiger partial charge in [0.2, 0.25) is 0 Å². The van der Waals surface area contributed by atoms with Crippen molar-refractivity contribution in [3.63, 3.8) is 0 Å². The molecule has 3 rings (SSSR count). The quantitative estimate of drug-likeness (QED) is 0.880. The van der Waals surface area contributed by atoms with E-state index in [0.29, 0.717) is 0 Å². The molecule has 2 heterocycles. The number of aromatic nitrogens is 1. The van der Waals surface area contributed by atoms with Crippen LogP contribution in [0.4, 0.5) is 0 Å². The SMILES string of the molecule is Cc1nc(C[NH+]2CCN(C(=O)c3ccc(Br)cc3)CC2)cs1. The third-order valence-electron chi connectivity index (χ3n) is 3.95. The lowest BCUT2D eigenvalue weighted by molar-refractivity contribution is -0.917. The number of amides is 1. The molecule has 1 N–H and O–H groups in total. The molecule has 116 valence electrons. The van der Waals surface area contributed by atoms with Crippen LogP contribution in [0.1, 0.15) is 21.1 Å². The molecule has 1 amide bonds. The summed E-state index contributed by atoms with van der Waals surface area (Å²) in [7, 11) is 0. The maximum absolute atomic E-state index is 12.5. The maximum Gasteiger partial charge on any atom is 0.254 e. The van der Waals surface area contributed by atoms with Gasteiger partial charge in [-0.25, -0.2) is 4.98 Å². The van der Waals surface area contributed by atoms with Crippen LogP contribution in [0.5, 0.6) is 0 Å². The van der Waals surface area contributed by atoms with E-state index in [1.807, 2.05) is 36.1 Å². The number of carbonyl (C=O) groups is 1. The van der Waals surface area contributed by atoms with E-state index in [1.54, 1.807) is 11.3 Å². The highest BCUT2D eigenvalue weighted by Gasteiger charge is 2.24. The van der Waals surface area contributed by atoms with E-state index in [4.69, 9.17) is 0 Å². The third-order valence-corrected chi connectivity index (χ3v) is 5.30. The molecule has 0 aliphatic carbocycles. The summed E-state index contributed by atoms with van der Waals surface area (Å²) in [5.41, 5.74) is 1.94. The van der Waals surface area contributed by atoms with Crippen molar-refractivity contribution in [2.75, 3.05) is 26.2 Å². The summed E-state index contributed by atoms with van der Waals surface area (Å²) in [4.78, 5) is 20.5. The summed E-state index contributed by atoms with van der Waals surface area (Å²) in [6.45, 7) is 6.60. The number of thiazole rings is 1. The van der Waals surface area contributed by atoms with E-state index in [2.05, 4.69) is 26.3 Å². The first-order chi connectivity index (χ1) is 10.6. The number of nitrogens with zero attached hydrogens (tertiary/aromatic N) is 2. The Hall–Kier alpha value is -1.24. The molecule has 0 spiro atoms. The predicted molar refractivity (Wildman–Crippen MR) is 91.3 cm³/mol. The molecule has 1 saturated heterocycles. The van der Waals surface area contributed by atoms with Gasteiger partial charge in [-0.1, -0.05) is 15.9 Å². The van der Waals surface area contributed by atoms with E-state index in [1.165, 1.54) is 10.6 Å². The van der Waals surface area contributed by atoms with Gasteiger partial charge in [-0.15, -0.1) is 11.3 Å². The first-order valence-electron chi connectivity index (χ1n) is 7.41. The second-order valence-corrected chi connectivity index (χ2v) is 7.56. The van der Waals surface area contributed by atoms with Crippen molar-refractivity contribution in [3.8, 4) is 0 Å². The second kappa shape index (κ2) is 6.89. The number of piperazine rings is 1. The first-order valence-corrected chi connectivity index (χ1v) is 9.08. The minimum atomic E-state index is 0.135. The fourth-order valence-electron chi connectivity index (χ4n) is 2.72. The second-order valence-electron chi connectivity index (χ2n) is 5.58. The number of rotatable bonds is 3. The average molecular weight is 381 g/mol. The highest BCUT2D eigenvalue weighted by atomic mass is 79.9. The van der Waals surface area contributed by atoms with Crippen molar-refractivity contribution in [1.82, 2.24) is 9.88 Å². The number of hydrogen-bond donors (Lipinski definition) is 1. The molecule has 0 unspecified atom stereocenters. The molecule has 1 fully saturated rings. The van der Waals surface area contributed by atoms with Gasteiger partial charge in [-0.05, 0) is 31.2 Å². The number of nitrogens with one attached hydrogen (secondary N) is 1. The van der Waals surface area contributed by atoms with Crippen LogP contribution < -0.4 is 4.90 Å². The largest absolute Gasteiger partial charge is 0.327 e. The van der Waals surface area contributed by atoms with Crippen LogP contribution in [0, 0.1) is 6.92 Å². The molecular formula is C16H19BrN3OS+. The number of aryl methyl sites for hydroxylation is 1. The Balaban J connectivity index is 1.55. The molecule has 0 bridgehead atoms. The normalized spacial score (nSPS) is 16.0. The molecule has 4 nitrogen and oxygen atoms in total. The van der Waals surface area contributed by atoms with E-state index < -0.39 is 0 Å². The summed E-state index contributed by atoms with van der Waals surface area (Å²) in [5.74, 6) is 0.135. The van der Waals surface area contributed by atoms with E-state index in [0.717, 1.165) is 47.8 Å². The summed E-state index contributed by atoms with van der Waals surface area (Å²) in [6, 6.07) is 7.59. The summed E-state index contributed by atoms with van der Waals surface area (Å²) in [6.07, 6.45) is 0. The Bertz CT molecular complexity index is 648. The molecule has 1 aliphatic rings. The molecule has 2 aromatic rings. The number of benzene rings is 1. The molecule has 0 radical (unpaired) electrons. The minimum absolute atomic E-state index is 0.135. The van der Waals surface area contributed by atoms with Crippen molar-refractivity contribution in [2.45, 2.75) is 13.5 Å². The van der Waals surface area contributed by atoms with Crippen LogP contribution in [0.3, 0.4) is 0 Å². The number of hydrogen-bond acceptors (Lipinski definition) is 3. The van der Waals surface area contributed by atoms with Crippen LogP contribution >= 0.6 is 27.3 Å². The van der Waals surface area contributed by atoms with Gasteiger partial charge in [0, 0.05) is 15.4 Å². The molecule has 22 heavy (non-hydrogen) atoms. The van der Waals surface area contributed by atoms with Crippen molar-refractivity contribution in [1.29, 1.82) is 0 Å². The molecule has 1 aromatic heterocycles. The van der Waals surface area contributed by atoms with Crippen LogP contribution in [-0.4, -0.2) is 42.0 Å². The van der Waals surface area contributed by atoms with Crippen molar-refractivity contribution in [2.24, 2.45) is 0 Å². The van der Waals surface area contributed by atoms with Gasteiger partial charge < -0.3 is 9.80 Å². The van der Waals surface area contributed by atoms with E-state index >= 15 is 0 Å². The van der Waals surface area contributed by atoms with Gasteiger partial charge in [0.25, 0.3) is 5.91 Å². The van der Waals surface area contributed by atoms with Crippen LogP contribution in [0.2, 0.25) is 0 Å². The Kier molecular flexibility index (Phi) is 4.90. The molecule has 1 aromatic carbocycles. The number of quaternary nitrogens is 1. The maximum atomic E-state index is 12.5. The molecule has 6 heteroatoms. The van der Waals surface area contributed by atoms with Crippen LogP contribution in [0.25, 0.3) is 0 Å². The Morgan fingerprint density at radius 2 is 2.00 bits per heavy atom. The lowest BCUT2D eigenvalue weighted by atomic mass is 10.2. The molecule has 0 saturated carbocycles. The zero-order chi connectivity index (χ0) is 15.5. The minimum Gasteiger partial charge on any atom is -0.327 e. The van der Waals surface area contributed by atoms with Gasteiger partial charge >= 0.3 is 0 Å². The lowest BCUT2D eigenvalue weighted by Crippen LogP contribution is -3.13. The van der Waals surface area contributed by atoms with Gasteiger partial charge in [-0.3, -0.25) is 4.79 Å². The van der Waals surface area contributed by atoms with Crippen molar-refractivity contribution >= 4 is 33.2 Å². The number of carbonyl (C=O) groups excluding carboxylic acids is 1. The van der Waals surface area contributed by atoms with Crippen LogP contribution in [-0.2, 0) is 6.54 Å². The van der Waals surface area contributed by atoms with Gasteiger partial charge in [0.05, 0.1) is 31.2 Å². The molecular weight excluding hydrogens is 362 g/mol. The highest BCUT2D eigenvalue weighted by molar-refractivity contribution is 9.10. The van der Waals surface area contributed by atoms with E-state index in [9.17, 15) is 4.79 Å². The standard InChI is InChI=1S/C16H18BrN3OS/c1-12-18-15(11-22-12)10-19-6-8-20(9-7-19)16(21)13-2-4-14(17)5-3-13/h2-5,11H,6-10H2,1H3/p+1. The summed E-state index contributed by atoms with van der Waals surface area (Å²) >= 11 is 5.10. The zero-order valence-electron chi connectivity index (χ0n) is 12.5. The average Bonchev–Trinajstić information content (AvgIpc) is 2.93. The predicted octanol–water partition coefficient (Wildman–Crippen LogP) is 1.75. The number of halogens is 1. The van der Waals surface area contributed by atoms with Gasteiger partial charge in [-0.2, -0.15) is 0 Å². The lowest BCUT2D eigenvalue weighted by Gasteiger charge is -2.32. The Labute approximate surface area is 142 Å². The topological polar surface area (TPSA) is 37.6 Å². The highest BCUT2D eigenvalue weighted by Crippen LogP contribution is 2.12. The molecule has 0 atom stereocenters. The first kappa shape index (κ1) is 15.6. The van der Waals surface area contributed by atoms with E-state index in [-0.39, 0.29) is 5.91 Å². The van der Waals surface area contributed by atoms with Gasteiger partial charge in [0.15, 0.2) is 0 Å².